The molecular formula is C21H14ClN3O3. The first kappa shape index (κ1) is 18.0. The van der Waals surface area contributed by atoms with Gasteiger partial charge in [-0.15, -0.1) is 0 Å². The van der Waals surface area contributed by atoms with Gasteiger partial charge < -0.3 is 9.82 Å². The van der Waals surface area contributed by atoms with Crippen molar-refractivity contribution in [2.45, 2.75) is 12.5 Å². The van der Waals surface area contributed by atoms with E-state index in [1.807, 2.05) is 36.4 Å². The van der Waals surface area contributed by atoms with Gasteiger partial charge in [0.2, 0.25) is 5.78 Å². The van der Waals surface area contributed by atoms with Crippen LogP contribution >= 0.6 is 11.6 Å². The van der Waals surface area contributed by atoms with Gasteiger partial charge in [-0.25, -0.2) is 0 Å². The Bertz CT molecular complexity index is 1140. The van der Waals surface area contributed by atoms with Crippen molar-refractivity contribution in [3.05, 3.63) is 70.9 Å². The number of hydrogen-bond donors (Lipinski definition) is 1. The van der Waals surface area contributed by atoms with Crippen LogP contribution in [0.1, 0.15) is 28.4 Å². The highest BCUT2D eigenvalue weighted by molar-refractivity contribution is 6.46. The van der Waals surface area contributed by atoms with Gasteiger partial charge >= 0.3 is 0 Å². The van der Waals surface area contributed by atoms with Crippen LogP contribution < -0.4 is 0 Å². The van der Waals surface area contributed by atoms with Crippen molar-refractivity contribution >= 4 is 39.8 Å². The minimum absolute atomic E-state index is 0.0941. The van der Waals surface area contributed by atoms with E-state index < -0.39 is 23.6 Å². The van der Waals surface area contributed by atoms with Crippen LogP contribution in [0.2, 0.25) is 5.02 Å². The van der Waals surface area contributed by atoms with E-state index >= 15 is 0 Å². The lowest BCUT2D eigenvalue weighted by Crippen LogP contribution is -2.28. The standard InChI is InChI=1S/C21H14ClN3O3/c22-13-6-7-14-16(11-24-17(14)8-13)20(26)15(10-23)21(27)18-9-19(28-25-18)12-4-2-1-3-5-12/h1-8,11,15,19,24H,9H2/t15-,19-/m0/s1. The number of nitrogens with zero attached hydrogens (tertiary/aromatic N) is 2. The Balaban J connectivity index is 1.56. The number of fused-ring (bicyclic) bond motifs is 1. The van der Waals surface area contributed by atoms with E-state index in [1.54, 1.807) is 18.2 Å². The maximum Gasteiger partial charge on any atom is 0.205 e. The summed E-state index contributed by atoms with van der Waals surface area (Å²) in [5, 5.41) is 14.5. The molecule has 4 rings (SSSR count). The van der Waals surface area contributed by atoms with E-state index in [9.17, 15) is 14.9 Å². The highest BCUT2D eigenvalue weighted by Crippen LogP contribution is 2.29. The van der Waals surface area contributed by atoms with E-state index in [4.69, 9.17) is 16.4 Å². The molecule has 0 bridgehead atoms. The molecule has 1 N–H and O–H groups in total. The molecule has 0 unspecified atom stereocenters. The summed E-state index contributed by atoms with van der Waals surface area (Å²) in [6.07, 6.45) is 1.31. The van der Waals surface area contributed by atoms with Gasteiger partial charge in [-0.2, -0.15) is 5.26 Å². The Hall–Kier alpha value is -3.43. The lowest BCUT2D eigenvalue weighted by atomic mass is 9.90. The molecule has 28 heavy (non-hydrogen) atoms. The molecule has 1 aliphatic rings. The largest absolute Gasteiger partial charge is 0.387 e. The molecule has 3 aromatic rings. The maximum atomic E-state index is 12.9. The van der Waals surface area contributed by atoms with Crippen molar-refractivity contribution in [3.63, 3.8) is 0 Å². The molecule has 6 nitrogen and oxygen atoms in total. The molecule has 0 spiro atoms. The number of aromatic nitrogens is 1. The number of carbonyl (C=O) groups excluding carboxylic acids is 2. The van der Waals surface area contributed by atoms with Crippen LogP contribution in [0.3, 0.4) is 0 Å². The molecule has 0 amide bonds. The zero-order valence-electron chi connectivity index (χ0n) is 14.6. The molecule has 1 aromatic heterocycles. The van der Waals surface area contributed by atoms with Crippen LogP contribution in [0.4, 0.5) is 0 Å². The summed E-state index contributed by atoms with van der Waals surface area (Å²) in [4.78, 5) is 34.0. The summed E-state index contributed by atoms with van der Waals surface area (Å²) in [5.41, 5.74) is 1.90. The molecule has 7 heteroatoms. The third-order valence-electron chi connectivity index (χ3n) is 4.69. The normalized spacial score (nSPS) is 16.9. The number of halogens is 1. The third-order valence-corrected chi connectivity index (χ3v) is 4.92. The first-order valence-electron chi connectivity index (χ1n) is 8.61. The highest BCUT2D eigenvalue weighted by atomic mass is 35.5. The monoisotopic (exact) mass is 391 g/mol. The number of benzene rings is 2. The number of oxime groups is 1. The zero-order valence-corrected chi connectivity index (χ0v) is 15.3. The Kier molecular flexibility index (Phi) is 4.68. The second kappa shape index (κ2) is 7.29. The fraction of sp³-hybridized carbons (Fsp3) is 0.143. The number of ketones is 2. The molecule has 0 saturated carbocycles. The average molecular weight is 392 g/mol. The summed E-state index contributed by atoms with van der Waals surface area (Å²) in [7, 11) is 0. The molecule has 0 fully saturated rings. The summed E-state index contributed by atoms with van der Waals surface area (Å²) >= 11 is 5.96. The number of nitriles is 1. The van der Waals surface area contributed by atoms with E-state index in [2.05, 4.69) is 10.1 Å². The van der Waals surface area contributed by atoms with Gasteiger partial charge in [-0.1, -0.05) is 53.2 Å². The topological polar surface area (TPSA) is 95.3 Å². The fourth-order valence-electron chi connectivity index (χ4n) is 3.23. The Morgan fingerprint density at radius 2 is 2.00 bits per heavy atom. The molecule has 0 radical (unpaired) electrons. The SMILES string of the molecule is N#C[C@H](C(=O)C1=NO[C@H](c2ccccc2)C1)C(=O)c1c[nH]c2cc(Cl)ccc12. The number of rotatable bonds is 5. The predicted octanol–water partition coefficient (Wildman–Crippen LogP) is 4.23. The maximum absolute atomic E-state index is 12.9. The van der Waals surface area contributed by atoms with Gasteiger partial charge in [0.05, 0.1) is 6.07 Å². The second-order valence-corrected chi connectivity index (χ2v) is 6.87. The Morgan fingerprint density at radius 1 is 1.21 bits per heavy atom. The predicted molar refractivity (Wildman–Crippen MR) is 104 cm³/mol. The third kappa shape index (κ3) is 3.17. The zero-order chi connectivity index (χ0) is 19.7. The number of hydrogen-bond acceptors (Lipinski definition) is 5. The second-order valence-electron chi connectivity index (χ2n) is 6.43. The summed E-state index contributed by atoms with van der Waals surface area (Å²) in [5.74, 6) is -2.69. The lowest BCUT2D eigenvalue weighted by Gasteiger charge is -2.08. The van der Waals surface area contributed by atoms with Gasteiger partial charge in [0.1, 0.15) is 5.71 Å². The minimum Gasteiger partial charge on any atom is -0.387 e. The van der Waals surface area contributed by atoms with Crippen LogP contribution in [0.15, 0.2) is 59.9 Å². The van der Waals surface area contributed by atoms with Crippen LogP contribution in [0.5, 0.6) is 0 Å². The quantitative estimate of drug-likeness (QED) is 0.520. The number of nitrogens with one attached hydrogen (secondary N) is 1. The van der Waals surface area contributed by atoms with Crippen LogP contribution in [-0.4, -0.2) is 22.3 Å². The van der Waals surface area contributed by atoms with Crippen LogP contribution in [0.25, 0.3) is 10.9 Å². The first-order chi connectivity index (χ1) is 13.6. The van der Waals surface area contributed by atoms with Crippen molar-refractivity contribution in [3.8, 4) is 6.07 Å². The Labute approximate surface area is 165 Å². The van der Waals surface area contributed by atoms with Crippen LogP contribution in [0, 0.1) is 17.2 Å². The molecule has 0 saturated heterocycles. The molecule has 2 heterocycles. The van der Waals surface area contributed by atoms with E-state index in [0.717, 1.165) is 5.56 Å². The van der Waals surface area contributed by atoms with Crippen molar-refractivity contribution in [1.29, 1.82) is 5.26 Å². The summed E-state index contributed by atoms with van der Waals surface area (Å²) < 4.78 is 0. The molecule has 1 aliphatic heterocycles. The average Bonchev–Trinajstić information content (AvgIpc) is 3.36. The smallest absolute Gasteiger partial charge is 0.205 e. The van der Waals surface area contributed by atoms with Crippen molar-refractivity contribution in [2.24, 2.45) is 11.1 Å². The van der Waals surface area contributed by atoms with Gasteiger partial charge in [0, 0.05) is 34.1 Å². The summed E-state index contributed by atoms with van der Waals surface area (Å²) in [6, 6.07) is 16.2. The molecule has 138 valence electrons. The van der Waals surface area contributed by atoms with Crippen LogP contribution in [-0.2, 0) is 9.63 Å². The number of H-pyrrole nitrogens is 1. The van der Waals surface area contributed by atoms with E-state index in [1.165, 1.54) is 6.20 Å². The van der Waals surface area contributed by atoms with Crippen molar-refractivity contribution < 1.29 is 14.4 Å². The number of aromatic amines is 1. The van der Waals surface area contributed by atoms with Gasteiger partial charge in [0.15, 0.2) is 17.8 Å². The van der Waals surface area contributed by atoms with Gasteiger partial charge in [-0.3, -0.25) is 9.59 Å². The van der Waals surface area contributed by atoms with Gasteiger partial charge in [0.25, 0.3) is 0 Å². The molecular weight excluding hydrogens is 378 g/mol. The summed E-state index contributed by atoms with van der Waals surface area (Å²) in [6.45, 7) is 0. The lowest BCUT2D eigenvalue weighted by molar-refractivity contribution is -0.114. The van der Waals surface area contributed by atoms with Gasteiger partial charge in [-0.05, 0) is 17.7 Å². The molecule has 0 aliphatic carbocycles. The number of carbonyl (C=O) groups is 2. The highest BCUT2D eigenvalue weighted by Gasteiger charge is 2.36. The van der Waals surface area contributed by atoms with Crippen molar-refractivity contribution in [1.82, 2.24) is 4.98 Å². The van der Waals surface area contributed by atoms with E-state index in [-0.39, 0.29) is 17.7 Å². The molecule has 2 atom stereocenters. The number of Topliss-reactive ketones (excluding diaryl/α,β-unsaturated/α-hetero) is 2. The molecule has 2 aromatic carbocycles. The van der Waals surface area contributed by atoms with Crippen molar-refractivity contribution in [2.75, 3.05) is 0 Å². The first-order valence-corrected chi connectivity index (χ1v) is 8.98. The fourth-order valence-corrected chi connectivity index (χ4v) is 3.40. The minimum atomic E-state index is -1.48. The van der Waals surface area contributed by atoms with E-state index in [0.29, 0.717) is 15.9 Å². The Morgan fingerprint density at radius 3 is 2.75 bits per heavy atom.